The molecule has 4 aromatic rings. The smallest absolute Gasteiger partial charge is 0.293 e. The molecule has 160 valence electrons. The van der Waals surface area contributed by atoms with E-state index in [9.17, 15) is 4.79 Å². The Morgan fingerprint density at radius 3 is 3.00 bits per heavy atom. The summed E-state index contributed by atoms with van der Waals surface area (Å²) in [4.78, 5) is 27.4. The Labute approximate surface area is 186 Å². The third-order valence-electron chi connectivity index (χ3n) is 5.66. The number of halogens is 1. The summed E-state index contributed by atoms with van der Waals surface area (Å²) in [5.74, 6) is 0.174. The van der Waals surface area contributed by atoms with E-state index in [0.29, 0.717) is 23.5 Å². The summed E-state index contributed by atoms with van der Waals surface area (Å²) in [6, 6.07) is 7.37. The Morgan fingerprint density at radius 1 is 1.39 bits per heavy atom. The number of imidazole rings is 1. The molecular formula is C21H21BrN6O3. The van der Waals surface area contributed by atoms with Crippen LogP contribution in [0.5, 0.6) is 0 Å². The van der Waals surface area contributed by atoms with Gasteiger partial charge in [-0.25, -0.2) is 14.5 Å². The molecule has 1 amide bonds. The zero-order chi connectivity index (χ0) is 21.8. The topological polar surface area (TPSA) is 102 Å². The van der Waals surface area contributed by atoms with E-state index >= 15 is 0 Å². The van der Waals surface area contributed by atoms with E-state index in [1.165, 1.54) is 0 Å². The number of hydrogen-bond donors (Lipinski definition) is 1. The van der Waals surface area contributed by atoms with Gasteiger partial charge in [0.2, 0.25) is 11.7 Å². The number of fused-ring (bicyclic) bond motifs is 2. The lowest BCUT2D eigenvalue weighted by Gasteiger charge is -2.33. The molecule has 0 radical (unpaired) electrons. The molecule has 0 spiro atoms. The predicted octanol–water partition coefficient (Wildman–Crippen LogP) is 3.48. The van der Waals surface area contributed by atoms with Crippen LogP contribution in [0.2, 0.25) is 0 Å². The van der Waals surface area contributed by atoms with Gasteiger partial charge in [0.25, 0.3) is 5.91 Å². The summed E-state index contributed by atoms with van der Waals surface area (Å²) < 4.78 is 13.5. The van der Waals surface area contributed by atoms with Gasteiger partial charge in [-0.3, -0.25) is 4.79 Å². The fourth-order valence-corrected chi connectivity index (χ4v) is 4.21. The van der Waals surface area contributed by atoms with Crippen LogP contribution < -0.4 is 0 Å². The zero-order valence-electron chi connectivity index (χ0n) is 17.3. The number of aromatic amines is 1. The van der Waals surface area contributed by atoms with Crippen LogP contribution in [0, 0.1) is 0 Å². The average Bonchev–Trinajstić information content (AvgIpc) is 3.49. The summed E-state index contributed by atoms with van der Waals surface area (Å²) in [5.41, 5.74) is 2.71. The third kappa shape index (κ3) is 3.26. The number of hydrogen-bond acceptors (Lipinski definition) is 6. The van der Waals surface area contributed by atoms with Crippen molar-refractivity contribution in [1.29, 1.82) is 0 Å². The van der Waals surface area contributed by atoms with E-state index in [1.807, 2.05) is 44.3 Å². The number of carbonyl (C=O) groups is 1. The molecule has 9 nitrogen and oxygen atoms in total. The quantitative estimate of drug-likeness (QED) is 0.475. The maximum atomic E-state index is 13.6. The molecule has 1 aliphatic heterocycles. The predicted molar refractivity (Wildman–Crippen MR) is 115 cm³/mol. The molecule has 1 aliphatic rings. The fraction of sp³-hybridized carbons (Fsp3) is 0.333. The normalized spacial score (nSPS) is 16.6. The average molecular weight is 485 g/mol. The highest BCUT2D eigenvalue weighted by Crippen LogP contribution is 2.36. The van der Waals surface area contributed by atoms with E-state index < -0.39 is 11.6 Å². The Morgan fingerprint density at radius 2 is 2.23 bits per heavy atom. The number of aromatic nitrogens is 5. The van der Waals surface area contributed by atoms with Crippen molar-refractivity contribution in [2.24, 2.45) is 0 Å². The number of carbonyl (C=O) groups excluding carboxylic acids is 1. The van der Waals surface area contributed by atoms with Gasteiger partial charge in [0.05, 0.1) is 23.2 Å². The third-order valence-corrected chi connectivity index (χ3v) is 6.20. The van der Waals surface area contributed by atoms with Crippen LogP contribution in [0.3, 0.4) is 0 Å². The first-order chi connectivity index (χ1) is 14.9. The number of H-pyrrole nitrogens is 1. The van der Waals surface area contributed by atoms with Gasteiger partial charge in [-0.2, -0.15) is 5.10 Å². The molecule has 0 saturated heterocycles. The van der Waals surface area contributed by atoms with E-state index in [-0.39, 0.29) is 11.7 Å². The van der Waals surface area contributed by atoms with Crippen LogP contribution in [0.4, 0.5) is 0 Å². The SMILES string of the molecule is COC(C)(C)c1nc(Br)c(C(=O)N2CCc3[nH]cnc3[C@H]2c2cc3ccccn3n2)o1. The molecule has 0 bridgehead atoms. The largest absolute Gasteiger partial charge is 0.431 e. The van der Waals surface area contributed by atoms with Crippen LogP contribution in [0.1, 0.15) is 53.4 Å². The Balaban J connectivity index is 1.58. The van der Waals surface area contributed by atoms with Gasteiger partial charge in [0.15, 0.2) is 4.60 Å². The number of amides is 1. The lowest BCUT2D eigenvalue weighted by molar-refractivity contribution is -0.00468. The first-order valence-electron chi connectivity index (χ1n) is 9.88. The summed E-state index contributed by atoms with van der Waals surface area (Å²) in [6.45, 7) is 4.15. The number of pyridine rings is 1. The van der Waals surface area contributed by atoms with Crippen molar-refractivity contribution in [2.75, 3.05) is 13.7 Å². The van der Waals surface area contributed by atoms with Crippen LogP contribution in [0.15, 0.2) is 45.8 Å². The van der Waals surface area contributed by atoms with Gasteiger partial charge in [0, 0.05) is 32.0 Å². The van der Waals surface area contributed by atoms with Gasteiger partial charge < -0.3 is 19.0 Å². The van der Waals surface area contributed by atoms with Gasteiger partial charge in [-0.1, -0.05) is 6.07 Å². The van der Waals surface area contributed by atoms with Crippen molar-refractivity contribution >= 4 is 27.4 Å². The van der Waals surface area contributed by atoms with Crippen molar-refractivity contribution in [3.8, 4) is 0 Å². The van der Waals surface area contributed by atoms with Gasteiger partial charge in [-0.05, 0) is 48.0 Å². The highest BCUT2D eigenvalue weighted by Gasteiger charge is 2.39. The lowest BCUT2D eigenvalue weighted by atomic mass is 9.99. The van der Waals surface area contributed by atoms with Gasteiger partial charge in [0.1, 0.15) is 11.6 Å². The van der Waals surface area contributed by atoms with Crippen LogP contribution >= 0.6 is 15.9 Å². The monoisotopic (exact) mass is 484 g/mol. The van der Waals surface area contributed by atoms with E-state index in [2.05, 4.69) is 30.9 Å². The molecule has 5 heterocycles. The number of nitrogens with one attached hydrogen (secondary N) is 1. The molecular weight excluding hydrogens is 464 g/mol. The number of methoxy groups -OCH3 is 1. The standard InChI is InChI=1S/C21H21BrN6O3/c1-21(2,30-3)20-25-18(22)17(31-20)19(29)27-9-7-13-15(24-11-23-13)16(27)14-10-12-6-4-5-8-28(12)26-14/h4-6,8,10-11,16H,7,9H2,1-3H3,(H,23,24)/t16-/m1/s1. The zero-order valence-corrected chi connectivity index (χ0v) is 18.9. The molecule has 1 N–H and O–H groups in total. The summed E-state index contributed by atoms with van der Waals surface area (Å²) in [7, 11) is 1.57. The summed E-state index contributed by atoms with van der Waals surface area (Å²) >= 11 is 3.39. The number of oxazole rings is 1. The molecule has 0 unspecified atom stereocenters. The molecule has 1 atom stereocenters. The Hall–Kier alpha value is -2.98. The van der Waals surface area contributed by atoms with Crippen molar-refractivity contribution in [1.82, 2.24) is 29.5 Å². The number of ether oxygens (including phenoxy) is 1. The Bertz CT molecular complexity index is 1240. The highest BCUT2D eigenvalue weighted by atomic mass is 79.9. The number of rotatable bonds is 4. The van der Waals surface area contributed by atoms with Gasteiger partial charge in [-0.15, -0.1) is 0 Å². The molecule has 5 rings (SSSR count). The summed E-state index contributed by atoms with van der Waals surface area (Å²) in [5, 5.41) is 4.71. The fourth-order valence-electron chi connectivity index (χ4n) is 3.80. The second-order valence-corrected chi connectivity index (χ2v) is 8.66. The minimum absolute atomic E-state index is 0.132. The summed E-state index contributed by atoms with van der Waals surface area (Å²) in [6.07, 6.45) is 4.20. The maximum Gasteiger partial charge on any atom is 0.293 e. The van der Waals surface area contributed by atoms with E-state index in [1.54, 1.807) is 22.9 Å². The van der Waals surface area contributed by atoms with Gasteiger partial charge >= 0.3 is 0 Å². The molecule has 10 heteroatoms. The minimum atomic E-state index is -0.765. The highest BCUT2D eigenvalue weighted by molar-refractivity contribution is 9.10. The maximum absolute atomic E-state index is 13.6. The van der Waals surface area contributed by atoms with E-state index in [4.69, 9.17) is 14.3 Å². The molecule has 4 aromatic heterocycles. The van der Waals surface area contributed by atoms with Crippen molar-refractivity contribution in [3.63, 3.8) is 0 Å². The van der Waals surface area contributed by atoms with Crippen LogP contribution in [-0.4, -0.2) is 49.0 Å². The lowest BCUT2D eigenvalue weighted by Crippen LogP contribution is -2.41. The van der Waals surface area contributed by atoms with Crippen molar-refractivity contribution in [3.05, 3.63) is 70.1 Å². The number of nitrogens with zero attached hydrogens (tertiary/aromatic N) is 5. The molecule has 0 aliphatic carbocycles. The molecule has 0 saturated carbocycles. The van der Waals surface area contributed by atoms with E-state index in [0.717, 1.165) is 22.6 Å². The second kappa shape index (κ2) is 7.31. The van der Waals surface area contributed by atoms with Crippen LogP contribution in [-0.2, 0) is 16.8 Å². The minimum Gasteiger partial charge on any atom is -0.431 e. The molecule has 0 aromatic carbocycles. The van der Waals surface area contributed by atoms with Crippen molar-refractivity contribution < 1.29 is 13.9 Å². The molecule has 0 fully saturated rings. The molecule has 31 heavy (non-hydrogen) atoms. The Kier molecular flexibility index (Phi) is 4.71. The van der Waals surface area contributed by atoms with Crippen LogP contribution in [0.25, 0.3) is 5.52 Å². The first-order valence-corrected chi connectivity index (χ1v) is 10.7. The van der Waals surface area contributed by atoms with Crippen molar-refractivity contribution in [2.45, 2.75) is 31.9 Å². The second-order valence-electron chi connectivity index (χ2n) is 7.91. The first kappa shape index (κ1) is 20.0.